The third-order valence-corrected chi connectivity index (χ3v) is 2.28. The van der Waals surface area contributed by atoms with Gasteiger partial charge in [-0.15, -0.1) is 0 Å². The van der Waals surface area contributed by atoms with Crippen LogP contribution in [0.25, 0.3) is 0 Å². The van der Waals surface area contributed by atoms with Crippen molar-refractivity contribution in [3.05, 3.63) is 0 Å². The highest BCUT2D eigenvalue weighted by molar-refractivity contribution is 7.80. The van der Waals surface area contributed by atoms with Gasteiger partial charge in [0.25, 0.3) is 0 Å². The van der Waals surface area contributed by atoms with Gasteiger partial charge in [-0.1, -0.05) is 0 Å². The number of thiol groups is 1. The molecule has 0 spiro atoms. The number of hydrogen-bond acceptors (Lipinski definition) is 2. The third-order valence-electron chi connectivity index (χ3n) is 1.81. The van der Waals surface area contributed by atoms with Gasteiger partial charge in [0.1, 0.15) is 0 Å². The molecule has 0 saturated heterocycles. The average molecular weight is 145 g/mol. The van der Waals surface area contributed by atoms with Crippen LogP contribution in [0.1, 0.15) is 19.3 Å². The molecular weight excluding hydrogens is 134 g/mol. The molecule has 9 heavy (non-hydrogen) atoms. The summed E-state index contributed by atoms with van der Waals surface area (Å²) in [4.78, 5) is 10.5. The summed E-state index contributed by atoms with van der Waals surface area (Å²) >= 11 is 4.24. The molecule has 52 valence electrons. The maximum Gasteiger partial charge on any atom is 0.220 e. The lowest BCUT2D eigenvalue weighted by atomic mass is 10.1. The highest BCUT2D eigenvalue weighted by Gasteiger charge is 2.25. The number of carbonyl (C=O) groups excluding carboxylic acids is 1. The van der Waals surface area contributed by atoms with Crippen molar-refractivity contribution >= 4 is 18.5 Å². The number of rotatable bonds is 1. The van der Waals surface area contributed by atoms with Gasteiger partial charge in [0, 0.05) is 11.2 Å². The van der Waals surface area contributed by atoms with Crippen molar-refractivity contribution in [3.63, 3.8) is 0 Å². The molecule has 0 aromatic carbocycles. The molecule has 1 aliphatic carbocycles. The van der Waals surface area contributed by atoms with Crippen LogP contribution in [0.4, 0.5) is 0 Å². The number of primary amides is 1. The molecule has 0 bridgehead atoms. The second-order valence-electron chi connectivity index (χ2n) is 2.57. The van der Waals surface area contributed by atoms with Crippen LogP contribution in [0, 0.1) is 5.92 Å². The van der Waals surface area contributed by atoms with E-state index >= 15 is 0 Å². The van der Waals surface area contributed by atoms with Crippen molar-refractivity contribution in [2.45, 2.75) is 24.5 Å². The van der Waals surface area contributed by atoms with Crippen molar-refractivity contribution in [3.8, 4) is 0 Å². The molecule has 0 aromatic heterocycles. The molecule has 0 aromatic rings. The van der Waals surface area contributed by atoms with Gasteiger partial charge in [0.2, 0.25) is 5.91 Å². The van der Waals surface area contributed by atoms with Crippen molar-refractivity contribution < 1.29 is 4.79 Å². The minimum Gasteiger partial charge on any atom is -0.369 e. The SMILES string of the molecule is NC(=O)[C@@H]1CC[C@H](S)C1. The summed E-state index contributed by atoms with van der Waals surface area (Å²) in [6, 6.07) is 0. The van der Waals surface area contributed by atoms with Crippen molar-refractivity contribution in [1.29, 1.82) is 0 Å². The summed E-state index contributed by atoms with van der Waals surface area (Å²) in [5.41, 5.74) is 5.09. The molecular formula is C6H11NOS. The normalized spacial score (nSPS) is 34.8. The van der Waals surface area contributed by atoms with Gasteiger partial charge in [-0.05, 0) is 19.3 Å². The first-order valence-corrected chi connectivity index (χ1v) is 3.69. The molecule has 2 nitrogen and oxygen atoms in total. The lowest BCUT2D eigenvalue weighted by Crippen LogP contribution is -2.20. The second-order valence-corrected chi connectivity index (χ2v) is 3.30. The fourth-order valence-corrected chi connectivity index (χ4v) is 1.62. The molecule has 0 aliphatic heterocycles. The number of hydrogen-bond donors (Lipinski definition) is 2. The van der Waals surface area contributed by atoms with Crippen LogP contribution in [0.3, 0.4) is 0 Å². The fourth-order valence-electron chi connectivity index (χ4n) is 1.22. The van der Waals surface area contributed by atoms with E-state index in [9.17, 15) is 4.79 Å². The first-order chi connectivity index (χ1) is 4.20. The fraction of sp³-hybridized carbons (Fsp3) is 0.833. The average Bonchev–Trinajstić information content (AvgIpc) is 2.14. The minimum absolute atomic E-state index is 0.104. The lowest BCUT2D eigenvalue weighted by Gasteiger charge is -2.00. The Hall–Kier alpha value is -0.180. The van der Waals surface area contributed by atoms with Gasteiger partial charge in [-0.25, -0.2) is 0 Å². The van der Waals surface area contributed by atoms with Crippen LogP contribution < -0.4 is 5.73 Å². The highest BCUT2D eigenvalue weighted by atomic mass is 32.1. The summed E-state index contributed by atoms with van der Waals surface area (Å²) in [7, 11) is 0. The predicted molar refractivity (Wildman–Crippen MR) is 39.3 cm³/mol. The zero-order valence-electron chi connectivity index (χ0n) is 5.21. The van der Waals surface area contributed by atoms with E-state index in [-0.39, 0.29) is 11.8 Å². The quantitative estimate of drug-likeness (QED) is 0.520. The largest absolute Gasteiger partial charge is 0.369 e. The predicted octanol–water partition coefficient (Wildman–Crippen LogP) is 0.570. The Morgan fingerprint density at radius 3 is 2.44 bits per heavy atom. The summed E-state index contributed by atoms with van der Waals surface area (Å²) < 4.78 is 0. The van der Waals surface area contributed by atoms with Crippen molar-refractivity contribution in [2.24, 2.45) is 11.7 Å². The van der Waals surface area contributed by atoms with Crippen LogP contribution in [-0.2, 0) is 4.79 Å². The van der Waals surface area contributed by atoms with Gasteiger partial charge in [-0.2, -0.15) is 12.6 Å². The monoisotopic (exact) mass is 145 g/mol. The van der Waals surface area contributed by atoms with E-state index in [1.807, 2.05) is 0 Å². The molecule has 0 heterocycles. The Bertz CT molecular complexity index is 126. The van der Waals surface area contributed by atoms with Crippen LogP contribution in [0.2, 0.25) is 0 Å². The van der Waals surface area contributed by atoms with Gasteiger partial charge in [0.05, 0.1) is 0 Å². The minimum atomic E-state index is -0.161. The molecule has 0 unspecified atom stereocenters. The Morgan fingerprint density at radius 1 is 1.56 bits per heavy atom. The molecule has 1 rings (SSSR count). The molecule has 1 aliphatic rings. The van der Waals surface area contributed by atoms with Crippen LogP contribution >= 0.6 is 12.6 Å². The highest BCUT2D eigenvalue weighted by Crippen LogP contribution is 2.28. The van der Waals surface area contributed by atoms with E-state index < -0.39 is 0 Å². The van der Waals surface area contributed by atoms with Gasteiger partial charge >= 0.3 is 0 Å². The zero-order valence-corrected chi connectivity index (χ0v) is 6.10. The molecule has 1 amide bonds. The smallest absolute Gasteiger partial charge is 0.220 e. The van der Waals surface area contributed by atoms with E-state index in [2.05, 4.69) is 12.6 Å². The molecule has 2 atom stereocenters. The van der Waals surface area contributed by atoms with E-state index in [1.54, 1.807) is 0 Å². The maximum absolute atomic E-state index is 10.5. The standard InChI is InChI=1S/C6H11NOS/c7-6(8)4-1-2-5(9)3-4/h4-5,9H,1-3H2,(H2,7,8)/t4-,5+/m1/s1. The second kappa shape index (κ2) is 2.60. The summed E-state index contributed by atoms with van der Waals surface area (Å²) in [6.45, 7) is 0. The Morgan fingerprint density at radius 2 is 2.22 bits per heavy atom. The number of carbonyl (C=O) groups is 1. The van der Waals surface area contributed by atoms with Crippen LogP contribution in [0.15, 0.2) is 0 Å². The van der Waals surface area contributed by atoms with Crippen LogP contribution in [0.5, 0.6) is 0 Å². The van der Waals surface area contributed by atoms with E-state index in [1.165, 1.54) is 0 Å². The summed E-state index contributed by atoms with van der Waals surface area (Å²) in [5, 5.41) is 0.405. The topological polar surface area (TPSA) is 43.1 Å². The Labute approximate surface area is 60.2 Å². The summed E-state index contributed by atoms with van der Waals surface area (Å²) in [5.74, 6) is -0.0564. The van der Waals surface area contributed by atoms with Gasteiger partial charge in [-0.3, -0.25) is 4.79 Å². The molecule has 2 N–H and O–H groups in total. The van der Waals surface area contributed by atoms with Gasteiger partial charge in [0.15, 0.2) is 0 Å². The summed E-state index contributed by atoms with van der Waals surface area (Å²) in [6.07, 6.45) is 2.85. The number of amides is 1. The maximum atomic E-state index is 10.5. The molecule has 1 saturated carbocycles. The van der Waals surface area contributed by atoms with E-state index in [4.69, 9.17) is 5.73 Å². The molecule has 0 radical (unpaired) electrons. The zero-order chi connectivity index (χ0) is 6.85. The lowest BCUT2D eigenvalue weighted by molar-refractivity contribution is -0.121. The van der Waals surface area contributed by atoms with Crippen molar-refractivity contribution in [1.82, 2.24) is 0 Å². The molecule has 1 fully saturated rings. The number of nitrogens with two attached hydrogens (primary N) is 1. The third kappa shape index (κ3) is 1.61. The van der Waals surface area contributed by atoms with Crippen molar-refractivity contribution in [2.75, 3.05) is 0 Å². The first kappa shape index (κ1) is 6.93. The van der Waals surface area contributed by atoms with Gasteiger partial charge < -0.3 is 5.73 Å². The van der Waals surface area contributed by atoms with E-state index in [0.29, 0.717) is 5.25 Å². The van der Waals surface area contributed by atoms with Crippen LogP contribution in [-0.4, -0.2) is 11.2 Å². The Kier molecular flexibility index (Phi) is 2.01. The van der Waals surface area contributed by atoms with E-state index in [0.717, 1.165) is 19.3 Å². The Balaban J connectivity index is 2.39. The molecule has 3 heteroatoms. The first-order valence-electron chi connectivity index (χ1n) is 3.17.